The number of hydrogen-bond donors (Lipinski definition) is 1. The van der Waals surface area contributed by atoms with E-state index in [1.54, 1.807) is 6.34 Å². The molecule has 0 bridgehead atoms. The van der Waals surface area contributed by atoms with Crippen molar-refractivity contribution in [2.24, 2.45) is 10.7 Å². The quantitative estimate of drug-likeness (QED) is 0.457. The molecule has 64 valence electrons. The number of rotatable bonds is 3. The van der Waals surface area contributed by atoms with Gasteiger partial charge in [-0.05, 0) is 12.8 Å². The third-order valence-electron chi connectivity index (χ3n) is 1.88. The molecule has 0 spiro atoms. The molecule has 11 heavy (non-hydrogen) atoms. The molecule has 1 aliphatic heterocycles. The van der Waals surface area contributed by atoms with Crippen molar-refractivity contribution in [2.75, 3.05) is 26.8 Å². The fourth-order valence-electron chi connectivity index (χ4n) is 1.25. The van der Waals surface area contributed by atoms with Crippen molar-refractivity contribution < 1.29 is 0 Å². The Morgan fingerprint density at radius 1 is 1.55 bits per heavy atom. The predicted octanol–water partition coefficient (Wildman–Crippen LogP) is -0.127. The number of aliphatic imine (C=N–C) groups is 1. The highest BCUT2D eigenvalue weighted by atomic mass is 15.6. The molecule has 1 saturated heterocycles. The maximum absolute atomic E-state index is 5.23. The van der Waals surface area contributed by atoms with E-state index in [2.05, 4.69) is 10.0 Å². The van der Waals surface area contributed by atoms with Crippen LogP contribution in [0.3, 0.4) is 0 Å². The molecule has 1 rings (SSSR count). The molecule has 1 aliphatic rings. The molecule has 0 aromatic heterocycles. The van der Waals surface area contributed by atoms with Crippen molar-refractivity contribution in [2.45, 2.75) is 12.8 Å². The van der Waals surface area contributed by atoms with Crippen LogP contribution in [0, 0.1) is 0 Å². The SMILES string of the molecule is CN(/C=N\CN)N1CCCC1. The van der Waals surface area contributed by atoms with Crippen molar-refractivity contribution >= 4 is 6.34 Å². The Kier molecular flexibility index (Phi) is 3.32. The first-order chi connectivity index (χ1) is 5.34. The van der Waals surface area contributed by atoms with Gasteiger partial charge in [0.2, 0.25) is 0 Å². The van der Waals surface area contributed by atoms with Gasteiger partial charge in [-0.15, -0.1) is 0 Å². The van der Waals surface area contributed by atoms with E-state index >= 15 is 0 Å². The Morgan fingerprint density at radius 2 is 2.18 bits per heavy atom. The molecule has 4 nitrogen and oxygen atoms in total. The third-order valence-corrected chi connectivity index (χ3v) is 1.88. The second kappa shape index (κ2) is 4.31. The van der Waals surface area contributed by atoms with Gasteiger partial charge in [0.1, 0.15) is 6.34 Å². The summed E-state index contributed by atoms with van der Waals surface area (Å²) in [5.41, 5.74) is 5.23. The minimum absolute atomic E-state index is 0.373. The summed E-state index contributed by atoms with van der Waals surface area (Å²) in [5, 5.41) is 4.28. The summed E-state index contributed by atoms with van der Waals surface area (Å²) in [4.78, 5) is 3.95. The van der Waals surface area contributed by atoms with E-state index in [1.165, 1.54) is 12.8 Å². The highest BCUT2D eigenvalue weighted by Crippen LogP contribution is 2.07. The fraction of sp³-hybridized carbons (Fsp3) is 0.857. The molecular formula is C7H16N4. The first kappa shape index (κ1) is 8.49. The van der Waals surface area contributed by atoms with Gasteiger partial charge in [0.25, 0.3) is 0 Å². The van der Waals surface area contributed by atoms with Crippen LogP contribution in [0.4, 0.5) is 0 Å². The van der Waals surface area contributed by atoms with E-state index in [-0.39, 0.29) is 0 Å². The lowest BCUT2D eigenvalue weighted by Crippen LogP contribution is -2.36. The lowest BCUT2D eigenvalue weighted by atomic mass is 10.4. The van der Waals surface area contributed by atoms with Crippen LogP contribution in [-0.2, 0) is 0 Å². The molecular weight excluding hydrogens is 140 g/mol. The lowest BCUT2D eigenvalue weighted by Gasteiger charge is -2.24. The van der Waals surface area contributed by atoms with Crippen LogP contribution < -0.4 is 5.73 Å². The molecule has 0 atom stereocenters. The van der Waals surface area contributed by atoms with E-state index < -0.39 is 0 Å². The maximum atomic E-state index is 5.23. The van der Waals surface area contributed by atoms with Gasteiger partial charge in [-0.2, -0.15) is 0 Å². The van der Waals surface area contributed by atoms with E-state index in [0.717, 1.165) is 13.1 Å². The molecule has 0 aromatic carbocycles. The molecule has 1 heterocycles. The van der Waals surface area contributed by atoms with Crippen LogP contribution in [0.5, 0.6) is 0 Å². The molecule has 0 saturated carbocycles. The van der Waals surface area contributed by atoms with E-state index in [9.17, 15) is 0 Å². The summed E-state index contributed by atoms with van der Waals surface area (Å²) < 4.78 is 0. The van der Waals surface area contributed by atoms with Crippen molar-refractivity contribution in [1.29, 1.82) is 0 Å². The lowest BCUT2D eigenvalue weighted by molar-refractivity contribution is 0.109. The van der Waals surface area contributed by atoms with Crippen LogP contribution in [0.2, 0.25) is 0 Å². The molecule has 0 aromatic rings. The van der Waals surface area contributed by atoms with Crippen molar-refractivity contribution in [3.8, 4) is 0 Å². The number of nitrogens with zero attached hydrogens (tertiary/aromatic N) is 3. The minimum Gasteiger partial charge on any atom is -0.312 e. The van der Waals surface area contributed by atoms with Gasteiger partial charge < -0.3 is 5.73 Å². The Bertz CT molecular complexity index is 128. The molecule has 0 aliphatic carbocycles. The Balaban J connectivity index is 2.27. The molecule has 0 radical (unpaired) electrons. The first-order valence-corrected chi connectivity index (χ1v) is 4.02. The average molecular weight is 156 g/mol. The molecule has 4 heteroatoms. The maximum Gasteiger partial charge on any atom is 0.101 e. The van der Waals surface area contributed by atoms with Gasteiger partial charge in [0.05, 0.1) is 6.67 Å². The topological polar surface area (TPSA) is 44.9 Å². The number of nitrogens with two attached hydrogens (primary N) is 1. The van der Waals surface area contributed by atoms with Crippen LogP contribution in [0.15, 0.2) is 4.99 Å². The summed E-state index contributed by atoms with van der Waals surface area (Å²) in [6, 6.07) is 0. The summed E-state index contributed by atoms with van der Waals surface area (Å²) in [6.07, 6.45) is 4.37. The second-order valence-electron chi connectivity index (χ2n) is 2.72. The van der Waals surface area contributed by atoms with Gasteiger partial charge in [0, 0.05) is 20.1 Å². The average Bonchev–Trinajstić information content (AvgIpc) is 2.52. The summed E-state index contributed by atoms with van der Waals surface area (Å²) in [7, 11) is 2.00. The van der Waals surface area contributed by atoms with E-state index in [1.807, 2.05) is 12.1 Å². The van der Waals surface area contributed by atoms with Crippen LogP contribution in [-0.4, -0.2) is 43.2 Å². The number of hydrogen-bond acceptors (Lipinski definition) is 3. The Hall–Kier alpha value is -0.610. The van der Waals surface area contributed by atoms with Gasteiger partial charge >= 0.3 is 0 Å². The largest absolute Gasteiger partial charge is 0.312 e. The normalized spacial score (nSPS) is 19.8. The second-order valence-corrected chi connectivity index (χ2v) is 2.72. The van der Waals surface area contributed by atoms with Crippen LogP contribution in [0.25, 0.3) is 0 Å². The third kappa shape index (κ3) is 2.48. The minimum atomic E-state index is 0.373. The van der Waals surface area contributed by atoms with E-state index in [4.69, 9.17) is 5.73 Å². The van der Waals surface area contributed by atoms with Gasteiger partial charge in [0.15, 0.2) is 0 Å². The molecule has 0 amide bonds. The van der Waals surface area contributed by atoms with Crippen LogP contribution in [0.1, 0.15) is 12.8 Å². The zero-order valence-corrected chi connectivity index (χ0v) is 7.03. The van der Waals surface area contributed by atoms with Crippen molar-refractivity contribution in [3.63, 3.8) is 0 Å². The summed E-state index contributed by atoms with van der Waals surface area (Å²) in [5.74, 6) is 0. The zero-order chi connectivity index (χ0) is 8.10. The van der Waals surface area contributed by atoms with Crippen LogP contribution >= 0.6 is 0 Å². The van der Waals surface area contributed by atoms with Gasteiger partial charge in [-0.1, -0.05) is 0 Å². The fourth-order valence-corrected chi connectivity index (χ4v) is 1.25. The zero-order valence-electron chi connectivity index (χ0n) is 7.03. The highest BCUT2D eigenvalue weighted by molar-refractivity contribution is 5.53. The van der Waals surface area contributed by atoms with Gasteiger partial charge in [-0.25, -0.2) is 5.01 Å². The molecule has 1 fully saturated rings. The Labute approximate surface area is 67.6 Å². The standard InChI is InChI=1S/C7H16N4/c1-10(7-9-6-8)11-4-2-3-5-11/h7H,2-6,8H2,1H3/b9-7-. The Morgan fingerprint density at radius 3 is 2.73 bits per heavy atom. The van der Waals surface area contributed by atoms with Gasteiger partial charge in [-0.3, -0.25) is 10.0 Å². The summed E-state index contributed by atoms with van der Waals surface area (Å²) in [6.45, 7) is 2.67. The van der Waals surface area contributed by atoms with E-state index in [0.29, 0.717) is 6.67 Å². The smallest absolute Gasteiger partial charge is 0.101 e. The molecule has 2 N–H and O–H groups in total. The number of hydrazine groups is 1. The van der Waals surface area contributed by atoms with Crippen molar-refractivity contribution in [1.82, 2.24) is 10.0 Å². The summed E-state index contributed by atoms with van der Waals surface area (Å²) >= 11 is 0. The predicted molar refractivity (Wildman–Crippen MR) is 46.1 cm³/mol. The molecule has 0 unspecified atom stereocenters. The first-order valence-electron chi connectivity index (χ1n) is 4.02. The van der Waals surface area contributed by atoms with Crippen molar-refractivity contribution in [3.05, 3.63) is 0 Å². The monoisotopic (exact) mass is 156 g/mol. The highest BCUT2D eigenvalue weighted by Gasteiger charge is 2.13.